The first-order valence-electron chi connectivity index (χ1n) is 6.02. The number of hydrogen-bond acceptors (Lipinski definition) is 5. The van der Waals surface area contributed by atoms with Crippen LogP contribution >= 0.6 is 23.4 Å². The van der Waals surface area contributed by atoms with Crippen molar-refractivity contribution in [1.29, 1.82) is 0 Å². The van der Waals surface area contributed by atoms with E-state index in [1.54, 1.807) is 25.1 Å². The van der Waals surface area contributed by atoms with Crippen molar-refractivity contribution in [3.63, 3.8) is 0 Å². The van der Waals surface area contributed by atoms with Crippen molar-refractivity contribution in [1.82, 2.24) is 0 Å². The fourth-order valence-electron chi connectivity index (χ4n) is 1.40. The number of carbonyl (C=O) groups is 1. The van der Waals surface area contributed by atoms with Crippen LogP contribution in [0.15, 0.2) is 18.2 Å². The molecule has 0 saturated carbocycles. The molecule has 1 amide bonds. The highest BCUT2D eigenvalue weighted by molar-refractivity contribution is 8.00. The molecule has 0 aromatic heterocycles. The highest BCUT2D eigenvalue weighted by Crippen LogP contribution is 2.28. The van der Waals surface area contributed by atoms with Gasteiger partial charge in [-0.25, -0.2) is 0 Å². The Kier molecular flexibility index (Phi) is 7.15. The van der Waals surface area contributed by atoms with Gasteiger partial charge in [-0.15, -0.1) is 11.8 Å². The SMILES string of the molecule is COc1ccc(Cl)cc1NC(=O)[C@@H](C)SC[C@@H](O)CO. The Balaban J connectivity index is 2.63. The molecule has 0 fully saturated rings. The fraction of sp³-hybridized carbons (Fsp3) is 0.462. The smallest absolute Gasteiger partial charge is 0.237 e. The first-order valence-corrected chi connectivity index (χ1v) is 7.45. The average Bonchev–Trinajstić information content (AvgIpc) is 2.44. The van der Waals surface area contributed by atoms with Crippen molar-refractivity contribution in [2.45, 2.75) is 18.3 Å². The Morgan fingerprint density at radius 1 is 1.55 bits per heavy atom. The van der Waals surface area contributed by atoms with Crippen LogP contribution in [-0.2, 0) is 4.79 Å². The number of rotatable bonds is 7. The second-order valence-electron chi connectivity index (χ2n) is 4.15. The molecular weight excluding hydrogens is 302 g/mol. The molecule has 0 heterocycles. The standard InChI is InChI=1S/C13H18ClNO4S/c1-8(20-7-10(17)6-16)13(18)15-11-5-9(14)3-4-12(11)19-2/h3-5,8,10,16-17H,6-7H2,1-2H3,(H,15,18)/t8-,10+/m1/s1. The zero-order valence-corrected chi connectivity index (χ0v) is 12.9. The lowest BCUT2D eigenvalue weighted by atomic mass is 10.3. The van der Waals surface area contributed by atoms with Gasteiger partial charge in [-0.05, 0) is 25.1 Å². The van der Waals surface area contributed by atoms with Crippen LogP contribution in [-0.4, -0.2) is 46.9 Å². The van der Waals surface area contributed by atoms with Crippen molar-refractivity contribution in [3.8, 4) is 5.75 Å². The van der Waals surface area contributed by atoms with Crippen LogP contribution in [0.2, 0.25) is 5.02 Å². The van der Waals surface area contributed by atoms with E-state index in [-0.39, 0.29) is 23.5 Å². The number of carbonyl (C=O) groups excluding carboxylic acids is 1. The molecular formula is C13H18ClNO4S. The van der Waals surface area contributed by atoms with E-state index in [1.165, 1.54) is 18.9 Å². The van der Waals surface area contributed by atoms with Crippen LogP contribution < -0.4 is 10.1 Å². The third-order valence-corrected chi connectivity index (χ3v) is 4.06. The summed E-state index contributed by atoms with van der Waals surface area (Å²) in [6.45, 7) is 1.41. The lowest BCUT2D eigenvalue weighted by Gasteiger charge is -2.15. The summed E-state index contributed by atoms with van der Waals surface area (Å²) in [5.41, 5.74) is 0.500. The molecule has 0 aliphatic heterocycles. The molecule has 2 atom stereocenters. The van der Waals surface area contributed by atoms with Crippen molar-refractivity contribution >= 4 is 35.0 Å². The highest BCUT2D eigenvalue weighted by atomic mass is 35.5. The Bertz CT molecular complexity index is 458. The molecule has 0 saturated heterocycles. The van der Waals surface area contributed by atoms with Crippen molar-refractivity contribution in [2.75, 3.05) is 24.8 Å². The van der Waals surface area contributed by atoms with E-state index in [4.69, 9.17) is 21.4 Å². The molecule has 5 nitrogen and oxygen atoms in total. The fourth-order valence-corrected chi connectivity index (χ4v) is 2.39. The number of nitrogens with one attached hydrogen (secondary N) is 1. The van der Waals surface area contributed by atoms with Gasteiger partial charge in [0.25, 0.3) is 0 Å². The summed E-state index contributed by atoms with van der Waals surface area (Å²) in [7, 11) is 1.51. The van der Waals surface area contributed by atoms with E-state index < -0.39 is 6.10 Å². The molecule has 1 aromatic rings. The topological polar surface area (TPSA) is 78.8 Å². The van der Waals surface area contributed by atoms with Gasteiger partial charge in [0, 0.05) is 10.8 Å². The molecule has 0 aliphatic carbocycles. The van der Waals surface area contributed by atoms with Gasteiger partial charge in [0.2, 0.25) is 5.91 Å². The lowest BCUT2D eigenvalue weighted by Crippen LogP contribution is -2.25. The maximum atomic E-state index is 12.0. The van der Waals surface area contributed by atoms with E-state index in [0.717, 1.165) is 0 Å². The van der Waals surface area contributed by atoms with E-state index in [0.29, 0.717) is 16.5 Å². The van der Waals surface area contributed by atoms with Crippen molar-refractivity contribution < 1.29 is 19.7 Å². The van der Waals surface area contributed by atoms with Crippen LogP contribution in [0.4, 0.5) is 5.69 Å². The van der Waals surface area contributed by atoms with Gasteiger partial charge < -0.3 is 20.3 Å². The maximum Gasteiger partial charge on any atom is 0.237 e. The van der Waals surface area contributed by atoms with Crippen LogP contribution in [0.25, 0.3) is 0 Å². The van der Waals surface area contributed by atoms with Crippen LogP contribution in [0, 0.1) is 0 Å². The average molecular weight is 320 g/mol. The Hall–Kier alpha value is -0.950. The minimum Gasteiger partial charge on any atom is -0.495 e. The van der Waals surface area contributed by atoms with Gasteiger partial charge in [0.15, 0.2) is 0 Å². The van der Waals surface area contributed by atoms with Crippen LogP contribution in [0.3, 0.4) is 0 Å². The molecule has 1 aromatic carbocycles. The maximum absolute atomic E-state index is 12.0. The number of anilines is 1. The molecule has 0 bridgehead atoms. The Labute approximate surface area is 127 Å². The summed E-state index contributed by atoms with van der Waals surface area (Å²) >= 11 is 7.14. The normalized spacial score (nSPS) is 13.7. The highest BCUT2D eigenvalue weighted by Gasteiger charge is 2.17. The minimum absolute atomic E-state index is 0.222. The summed E-state index contributed by atoms with van der Waals surface area (Å²) in [4.78, 5) is 12.0. The molecule has 0 aliphatic rings. The molecule has 3 N–H and O–H groups in total. The van der Waals surface area contributed by atoms with E-state index in [9.17, 15) is 9.90 Å². The quantitative estimate of drug-likeness (QED) is 0.714. The number of aliphatic hydroxyl groups excluding tert-OH is 2. The lowest BCUT2D eigenvalue weighted by molar-refractivity contribution is -0.115. The summed E-state index contributed by atoms with van der Waals surface area (Å²) in [5.74, 6) is 0.591. The Morgan fingerprint density at radius 3 is 2.85 bits per heavy atom. The second kappa shape index (κ2) is 8.36. The van der Waals surface area contributed by atoms with E-state index in [1.807, 2.05) is 0 Å². The third-order valence-electron chi connectivity index (χ3n) is 2.54. The summed E-state index contributed by atoms with van der Waals surface area (Å²) < 4.78 is 5.14. The number of benzene rings is 1. The number of amides is 1. The molecule has 112 valence electrons. The molecule has 7 heteroatoms. The number of ether oxygens (including phenoxy) is 1. The molecule has 0 unspecified atom stereocenters. The van der Waals surface area contributed by atoms with Gasteiger partial charge in [-0.1, -0.05) is 11.6 Å². The van der Waals surface area contributed by atoms with Crippen molar-refractivity contribution in [3.05, 3.63) is 23.2 Å². The first kappa shape index (κ1) is 17.1. The van der Waals surface area contributed by atoms with E-state index >= 15 is 0 Å². The van der Waals surface area contributed by atoms with Crippen LogP contribution in [0.1, 0.15) is 6.92 Å². The second-order valence-corrected chi connectivity index (χ2v) is 5.96. The number of methoxy groups -OCH3 is 1. The van der Waals surface area contributed by atoms with Gasteiger partial charge in [-0.3, -0.25) is 4.79 Å². The van der Waals surface area contributed by atoms with Gasteiger partial charge >= 0.3 is 0 Å². The van der Waals surface area contributed by atoms with Gasteiger partial charge in [-0.2, -0.15) is 0 Å². The number of halogens is 1. The van der Waals surface area contributed by atoms with Crippen molar-refractivity contribution in [2.24, 2.45) is 0 Å². The summed E-state index contributed by atoms with van der Waals surface area (Å²) in [5, 5.41) is 20.8. The summed E-state index contributed by atoms with van der Waals surface area (Å²) in [6.07, 6.45) is -0.823. The molecule has 1 rings (SSSR count). The Morgan fingerprint density at radius 2 is 2.25 bits per heavy atom. The third kappa shape index (κ3) is 5.20. The minimum atomic E-state index is -0.823. The van der Waals surface area contributed by atoms with Gasteiger partial charge in [0.05, 0.1) is 30.8 Å². The number of aliphatic hydroxyl groups is 2. The number of hydrogen-bond donors (Lipinski definition) is 3. The molecule has 0 spiro atoms. The predicted octanol–water partition coefficient (Wildman–Crippen LogP) is 1.76. The first-order chi connectivity index (χ1) is 9.47. The van der Waals surface area contributed by atoms with Gasteiger partial charge in [0.1, 0.15) is 5.75 Å². The molecule has 0 radical (unpaired) electrons. The molecule has 20 heavy (non-hydrogen) atoms. The zero-order chi connectivity index (χ0) is 15.1. The number of thioether (sulfide) groups is 1. The monoisotopic (exact) mass is 319 g/mol. The largest absolute Gasteiger partial charge is 0.495 e. The predicted molar refractivity (Wildman–Crippen MR) is 81.6 cm³/mol. The summed E-state index contributed by atoms with van der Waals surface area (Å²) in [6, 6.07) is 4.95. The van der Waals surface area contributed by atoms with E-state index in [2.05, 4.69) is 5.32 Å². The van der Waals surface area contributed by atoms with Crippen LogP contribution in [0.5, 0.6) is 5.75 Å². The zero-order valence-electron chi connectivity index (χ0n) is 11.3.